The fourth-order valence-corrected chi connectivity index (χ4v) is 3.24. The van der Waals surface area contributed by atoms with Gasteiger partial charge in [-0.3, -0.25) is 19.4 Å². The van der Waals surface area contributed by atoms with Crippen LogP contribution in [0.5, 0.6) is 0 Å². The zero-order chi connectivity index (χ0) is 18.4. The van der Waals surface area contributed by atoms with Gasteiger partial charge in [0, 0.05) is 39.3 Å². The van der Waals surface area contributed by atoms with Crippen LogP contribution in [0, 0.1) is 0 Å². The Hall–Kier alpha value is -1.35. The largest absolute Gasteiger partial charge is 0.405 e. The summed E-state index contributed by atoms with van der Waals surface area (Å²) in [6.07, 6.45) is -1.10. The van der Waals surface area contributed by atoms with Crippen LogP contribution in [0.3, 0.4) is 0 Å². The predicted octanol–water partition coefficient (Wildman–Crippen LogP) is 0.683. The molecule has 9 heteroatoms. The number of piperidine rings is 1. The maximum absolute atomic E-state index is 12.3. The highest BCUT2D eigenvalue weighted by molar-refractivity contribution is 5.81. The molecule has 1 N–H and O–H groups in total. The van der Waals surface area contributed by atoms with Crippen molar-refractivity contribution in [3.8, 4) is 0 Å². The number of carbonyl (C=O) groups is 2. The molecule has 2 heterocycles. The van der Waals surface area contributed by atoms with E-state index in [1.54, 1.807) is 6.92 Å². The second-order valence-electron chi connectivity index (χ2n) is 6.76. The molecule has 2 aliphatic heterocycles. The molecule has 0 bridgehead atoms. The molecule has 2 aliphatic rings. The first-order valence-corrected chi connectivity index (χ1v) is 8.85. The third-order valence-electron chi connectivity index (χ3n) is 4.86. The van der Waals surface area contributed by atoms with Crippen LogP contribution in [-0.2, 0) is 9.59 Å². The van der Waals surface area contributed by atoms with Crippen molar-refractivity contribution < 1.29 is 22.8 Å². The lowest BCUT2D eigenvalue weighted by molar-refractivity contribution is -0.142. The number of piperazine rings is 1. The lowest BCUT2D eigenvalue weighted by atomic mass is 10.1. The zero-order valence-electron chi connectivity index (χ0n) is 14.6. The highest BCUT2D eigenvalue weighted by Crippen LogP contribution is 2.13. The van der Waals surface area contributed by atoms with E-state index in [9.17, 15) is 22.8 Å². The number of alkyl halides is 3. The number of nitrogens with zero attached hydrogens (tertiary/aromatic N) is 3. The first-order valence-electron chi connectivity index (χ1n) is 8.85. The molecule has 0 radical (unpaired) electrons. The molecule has 1 atom stereocenters. The molecule has 2 saturated heterocycles. The standard InChI is InChI=1S/C16H27F3N4O2/c1-13(15(25)20-12-16(17,18)19)22-9-7-21(8-10-22)11-14(24)23-5-3-2-4-6-23/h13H,2-12H2,1H3,(H,20,25). The zero-order valence-corrected chi connectivity index (χ0v) is 14.6. The van der Waals surface area contributed by atoms with Gasteiger partial charge in [-0.1, -0.05) is 0 Å². The second-order valence-corrected chi connectivity index (χ2v) is 6.76. The molecule has 2 rings (SSSR count). The molecule has 144 valence electrons. The van der Waals surface area contributed by atoms with Crippen LogP contribution in [0.1, 0.15) is 26.2 Å². The van der Waals surface area contributed by atoms with Crippen molar-refractivity contribution in [1.82, 2.24) is 20.0 Å². The monoisotopic (exact) mass is 364 g/mol. The minimum atomic E-state index is -4.40. The van der Waals surface area contributed by atoms with Gasteiger partial charge in [-0.25, -0.2) is 0 Å². The van der Waals surface area contributed by atoms with Gasteiger partial charge in [-0.05, 0) is 26.2 Å². The van der Waals surface area contributed by atoms with Crippen LogP contribution in [0.2, 0.25) is 0 Å². The van der Waals surface area contributed by atoms with Crippen LogP contribution < -0.4 is 5.32 Å². The van der Waals surface area contributed by atoms with E-state index in [4.69, 9.17) is 0 Å². The molecule has 0 aromatic heterocycles. The summed E-state index contributed by atoms with van der Waals surface area (Å²) in [6, 6.07) is -0.609. The third-order valence-corrected chi connectivity index (χ3v) is 4.86. The highest BCUT2D eigenvalue weighted by atomic mass is 19.4. The minimum absolute atomic E-state index is 0.143. The average molecular weight is 364 g/mol. The lowest BCUT2D eigenvalue weighted by Gasteiger charge is -2.38. The van der Waals surface area contributed by atoms with E-state index in [0.717, 1.165) is 25.9 Å². The Kier molecular flexibility index (Phi) is 7.06. The number of hydrogen-bond donors (Lipinski definition) is 1. The van der Waals surface area contributed by atoms with Gasteiger partial charge in [0.1, 0.15) is 6.54 Å². The normalized spacial score (nSPS) is 21.8. The van der Waals surface area contributed by atoms with E-state index in [0.29, 0.717) is 32.7 Å². The highest BCUT2D eigenvalue weighted by Gasteiger charge is 2.31. The molecule has 2 amide bonds. The molecule has 0 aliphatic carbocycles. The summed E-state index contributed by atoms with van der Waals surface area (Å²) in [5.74, 6) is -0.473. The number of likely N-dealkylation sites (tertiary alicyclic amines) is 1. The molecule has 6 nitrogen and oxygen atoms in total. The van der Waals surface area contributed by atoms with Gasteiger partial charge in [0.15, 0.2) is 0 Å². The topological polar surface area (TPSA) is 55.9 Å². The number of nitrogens with one attached hydrogen (secondary N) is 1. The number of rotatable bonds is 5. The van der Waals surface area contributed by atoms with E-state index in [2.05, 4.69) is 0 Å². The molecule has 0 aromatic carbocycles. The van der Waals surface area contributed by atoms with Gasteiger partial charge >= 0.3 is 6.18 Å². The van der Waals surface area contributed by atoms with Gasteiger partial charge in [0.25, 0.3) is 0 Å². The summed E-state index contributed by atoms with van der Waals surface area (Å²) in [7, 11) is 0. The van der Waals surface area contributed by atoms with Crippen molar-refractivity contribution in [1.29, 1.82) is 0 Å². The maximum atomic E-state index is 12.3. The van der Waals surface area contributed by atoms with Crippen LogP contribution >= 0.6 is 0 Å². The van der Waals surface area contributed by atoms with E-state index in [-0.39, 0.29) is 5.91 Å². The average Bonchev–Trinajstić information content (AvgIpc) is 2.60. The Labute approximate surface area is 146 Å². The van der Waals surface area contributed by atoms with Gasteiger partial charge < -0.3 is 10.2 Å². The molecule has 2 fully saturated rings. The fourth-order valence-electron chi connectivity index (χ4n) is 3.24. The van der Waals surface area contributed by atoms with Gasteiger partial charge in [-0.15, -0.1) is 0 Å². The summed E-state index contributed by atoms with van der Waals surface area (Å²) in [4.78, 5) is 29.9. The Morgan fingerprint density at radius 1 is 1.00 bits per heavy atom. The SMILES string of the molecule is CC(C(=O)NCC(F)(F)F)N1CCN(CC(=O)N2CCCCC2)CC1. The minimum Gasteiger partial charge on any atom is -0.346 e. The van der Waals surface area contributed by atoms with Crippen LogP contribution in [0.15, 0.2) is 0 Å². The Bertz CT molecular complexity index is 459. The number of hydrogen-bond acceptors (Lipinski definition) is 4. The van der Waals surface area contributed by atoms with Crippen molar-refractivity contribution in [2.45, 2.75) is 38.4 Å². The summed E-state index contributed by atoms with van der Waals surface area (Å²) >= 11 is 0. The van der Waals surface area contributed by atoms with Crippen LogP contribution in [0.4, 0.5) is 13.2 Å². The van der Waals surface area contributed by atoms with E-state index in [1.165, 1.54) is 6.42 Å². The molecule has 1 unspecified atom stereocenters. The van der Waals surface area contributed by atoms with E-state index in [1.807, 2.05) is 20.0 Å². The van der Waals surface area contributed by atoms with Gasteiger partial charge in [-0.2, -0.15) is 13.2 Å². The molecule has 0 spiro atoms. The Morgan fingerprint density at radius 3 is 2.16 bits per heavy atom. The summed E-state index contributed by atoms with van der Waals surface area (Å²) in [5.41, 5.74) is 0. The van der Waals surface area contributed by atoms with Crippen molar-refractivity contribution in [2.24, 2.45) is 0 Å². The second kappa shape index (κ2) is 8.84. The first-order chi connectivity index (χ1) is 11.8. The Morgan fingerprint density at radius 2 is 1.60 bits per heavy atom. The predicted molar refractivity (Wildman–Crippen MR) is 87.0 cm³/mol. The molecular formula is C16H27F3N4O2. The van der Waals surface area contributed by atoms with E-state index >= 15 is 0 Å². The van der Waals surface area contributed by atoms with Crippen molar-refractivity contribution in [2.75, 3.05) is 52.4 Å². The van der Waals surface area contributed by atoms with Crippen molar-refractivity contribution in [3.63, 3.8) is 0 Å². The molecule has 25 heavy (non-hydrogen) atoms. The van der Waals surface area contributed by atoms with Gasteiger partial charge in [0.2, 0.25) is 11.8 Å². The maximum Gasteiger partial charge on any atom is 0.405 e. The summed E-state index contributed by atoms with van der Waals surface area (Å²) in [5, 5.41) is 1.93. The van der Waals surface area contributed by atoms with E-state index < -0.39 is 24.7 Å². The van der Waals surface area contributed by atoms with Crippen LogP contribution in [-0.4, -0.2) is 91.1 Å². The molecule has 0 aromatic rings. The number of halogens is 3. The van der Waals surface area contributed by atoms with Gasteiger partial charge in [0.05, 0.1) is 12.6 Å². The smallest absolute Gasteiger partial charge is 0.346 e. The summed E-state index contributed by atoms with van der Waals surface area (Å²) < 4.78 is 36.5. The number of amides is 2. The number of carbonyl (C=O) groups excluding carboxylic acids is 2. The Balaban J connectivity index is 1.71. The van der Waals surface area contributed by atoms with Crippen molar-refractivity contribution >= 4 is 11.8 Å². The summed E-state index contributed by atoms with van der Waals surface area (Å²) in [6.45, 7) is 4.74. The quantitative estimate of drug-likeness (QED) is 0.780. The molecular weight excluding hydrogens is 337 g/mol. The lowest BCUT2D eigenvalue weighted by Crippen LogP contribution is -2.56. The first kappa shape index (κ1) is 20.0. The third kappa shape index (κ3) is 6.47. The fraction of sp³-hybridized carbons (Fsp3) is 0.875. The molecule has 0 saturated carbocycles. The van der Waals surface area contributed by atoms with Crippen molar-refractivity contribution in [3.05, 3.63) is 0 Å². The van der Waals surface area contributed by atoms with Crippen LogP contribution in [0.25, 0.3) is 0 Å².